The lowest BCUT2D eigenvalue weighted by Gasteiger charge is -2.14. The van der Waals surface area contributed by atoms with Gasteiger partial charge in [-0.2, -0.15) is 0 Å². The Labute approximate surface area is 108 Å². The molecule has 0 spiro atoms. The van der Waals surface area contributed by atoms with Crippen molar-refractivity contribution < 1.29 is 10.0 Å². The highest BCUT2D eigenvalue weighted by Crippen LogP contribution is 2.22. The molecule has 6 heteroatoms. The Bertz CT molecular complexity index is 394. The molecule has 0 unspecified atom stereocenters. The predicted molar refractivity (Wildman–Crippen MR) is 68.8 cm³/mol. The number of aliphatic hydroxyl groups is 1. The summed E-state index contributed by atoms with van der Waals surface area (Å²) in [4.78, 5) is 10.4. The molecule has 0 amide bonds. The molecule has 1 rings (SSSR count). The first-order valence-electron chi connectivity index (χ1n) is 5.35. The maximum atomic E-state index is 10.8. The van der Waals surface area contributed by atoms with Crippen LogP contribution in [-0.2, 0) is 6.54 Å². The molecule has 0 heterocycles. The fourth-order valence-electron chi connectivity index (χ4n) is 1.47. The van der Waals surface area contributed by atoms with Crippen molar-refractivity contribution in [3.63, 3.8) is 0 Å². The smallest absolute Gasteiger partial charge is 0.273 e. The van der Waals surface area contributed by atoms with Gasteiger partial charge in [-0.1, -0.05) is 22.9 Å². The number of nitro benzene ring substituents is 1. The topological polar surface area (TPSA) is 75.4 Å². The second-order valence-corrected chi connectivity index (χ2v) is 4.61. The number of hydrogen-bond acceptors (Lipinski definition) is 4. The van der Waals surface area contributed by atoms with Gasteiger partial charge in [0.15, 0.2) is 0 Å². The Hall–Kier alpha value is -0.980. The van der Waals surface area contributed by atoms with E-state index in [1.54, 1.807) is 12.1 Å². The molecule has 0 saturated carbocycles. The fourth-order valence-corrected chi connectivity index (χ4v) is 1.87. The Kier molecular flexibility index (Phi) is 5.54. The minimum Gasteiger partial charge on any atom is -0.395 e. The first-order chi connectivity index (χ1) is 8.08. The normalized spacial score (nSPS) is 12.4. The molecular weight excluding hydrogens is 288 g/mol. The van der Waals surface area contributed by atoms with Gasteiger partial charge in [0, 0.05) is 28.7 Å². The minimum atomic E-state index is -0.399. The SMILES string of the molecule is CC[C@H](CO)NCc1cc(Br)ccc1[N+](=O)[O-]. The van der Waals surface area contributed by atoms with Crippen LogP contribution < -0.4 is 5.32 Å². The van der Waals surface area contributed by atoms with Crippen LogP contribution in [0.5, 0.6) is 0 Å². The Morgan fingerprint density at radius 2 is 2.29 bits per heavy atom. The molecule has 5 nitrogen and oxygen atoms in total. The average molecular weight is 303 g/mol. The first-order valence-corrected chi connectivity index (χ1v) is 6.14. The second kappa shape index (κ2) is 6.68. The number of nitrogens with zero attached hydrogens (tertiary/aromatic N) is 1. The molecule has 0 aromatic heterocycles. The lowest BCUT2D eigenvalue weighted by Crippen LogP contribution is -2.31. The Morgan fingerprint density at radius 1 is 1.59 bits per heavy atom. The van der Waals surface area contributed by atoms with E-state index in [9.17, 15) is 10.1 Å². The van der Waals surface area contributed by atoms with Gasteiger partial charge < -0.3 is 10.4 Å². The Morgan fingerprint density at radius 3 is 2.82 bits per heavy atom. The van der Waals surface area contributed by atoms with Gasteiger partial charge in [0.1, 0.15) is 0 Å². The molecule has 0 bridgehead atoms. The van der Waals surface area contributed by atoms with E-state index in [-0.39, 0.29) is 18.3 Å². The van der Waals surface area contributed by atoms with Crippen molar-refractivity contribution in [3.8, 4) is 0 Å². The number of hydrogen-bond donors (Lipinski definition) is 2. The molecule has 0 aliphatic rings. The summed E-state index contributed by atoms with van der Waals surface area (Å²) in [7, 11) is 0. The highest BCUT2D eigenvalue weighted by Gasteiger charge is 2.14. The van der Waals surface area contributed by atoms with Crippen molar-refractivity contribution in [3.05, 3.63) is 38.3 Å². The van der Waals surface area contributed by atoms with Crippen molar-refractivity contribution in [2.75, 3.05) is 6.61 Å². The van der Waals surface area contributed by atoms with E-state index < -0.39 is 4.92 Å². The van der Waals surface area contributed by atoms with Crippen molar-refractivity contribution in [2.45, 2.75) is 25.9 Å². The van der Waals surface area contributed by atoms with E-state index >= 15 is 0 Å². The van der Waals surface area contributed by atoms with Crippen molar-refractivity contribution >= 4 is 21.6 Å². The number of aliphatic hydroxyl groups excluding tert-OH is 1. The molecule has 0 aliphatic carbocycles. The number of nitrogens with one attached hydrogen (secondary N) is 1. The molecule has 17 heavy (non-hydrogen) atoms. The molecule has 1 atom stereocenters. The molecule has 0 fully saturated rings. The van der Waals surface area contributed by atoms with Crippen LogP contribution in [0, 0.1) is 10.1 Å². The van der Waals surface area contributed by atoms with Gasteiger partial charge in [0.25, 0.3) is 5.69 Å². The van der Waals surface area contributed by atoms with E-state index in [1.165, 1.54) is 6.07 Å². The van der Waals surface area contributed by atoms with E-state index in [2.05, 4.69) is 21.2 Å². The van der Waals surface area contributed by atoms with Crippen LogP contribution >= 0.6 is 15.9 Å². The third kappa shape index (κ3) is 4.07. The zero-order valence-electron chi connectivity index (χ0n) is 9.52. The summed E-state index contributed by atoms with van der Waals surface area (Å²) in [6.45, 7) is 2.34. The highest BCUT2D eigenvalue weighted by atomic mass is 79.9. The summed E-state index contributed by atoms with van der Waals surface area (Å²) in [5.74, 6) is 0. The van der Waals surface area contributed by atoms with Gasteiger partial charge >= 0.3 is 0 Å². The fraction of sp³-hybridized carbons (Fsp3) is 0.455. The summed E-state index contributed by atoms with van der Waals surface area (Å²) in [5, 5.41) is 22.9. The standard InChI is InChI=1S/C11H15BrN2O3/c1-2-10(7-15)13-6-8-5-9(12)3-4-11(8)14(16)17/h3-5,10,13,15H,2,6-7H2,1H3/t10-/m1/s1. The molecule has 0 saturated heterocycles. The van der Waals surface area contributed by atoms with Crippen LogP contribution in [0.2, 0.25) is 0 Å². The van der Waals surface area contributed by atoms with E-state index in [0.717, 1.165) is 10.9 Å². The van der Waals surface area contributed by atoms with E-state index in [4.69, 9.17) is 5.11 Å². The molecular formula is C11H15BrN2O3. The van der Waals surface area contributed by atoms with Gasteiger partial charge in [-0.15, -0.1) is 0 Å². The average Bonchev–Trinajstić information content (AvgIpc) is 2.30. The minimum absolute atomic E-state index is 0.0261. The van der Waals surface area contributed by atoms with Crippen LogP contribution in [0.25, 0.3) is 0 Å². The summed E-state index contributed by atoms with van der Waals surface area (Å²) in [6, 6.07) is 4.80. The monoisotopic (exact) mass is 302 g/mol. The molecule has 0 aliphatic heterocycles. The largest absolute Gasteiger partial charge is 0.395 e. The zero-order valence-corrected chi connectivity index (χ0v) is 11.1. The van der Waals surface area contributed by atoms with Crippen LogP contribution in [0.15, 0.2) is 22.7 Å². The number of benzene rings is 1. The van der Waals surface area contributed by atoms with E-state index in [0.29, 0.717) is 12.1 Å². The number of rotatable bonds is 6. The zero-order chi connectivity index (χ0) is 12.8. The third-order valence-electron chi connectivity index (χ3n) is 2.53. The summed E-state index contributed by atoms with van der Waals surface area (Å²) in [6.07, 6.45) is 0.776. The van der Waals surface area contributed by atoms with Gasteiger partial charge in [-0.05, 0) is 18.6 Å². The number of nitro groups is 1. The van der Waals surface area contributed by atoms with Gasteiger partial charge in [0.05, 0.1) is 11.5 Å². The van der Waals surface area contributed by atoms with Gasteiger partial charge in [0.2, 0.25) is 0 Å². The van der Waals surface area contributed by atoms with Crippen LogP contribution in [0.3, 0.4) is 0 Å². The quantitative estimate of drug-likeness (QED) is 0.624. The maximum Gasteiger partial charge on any atom is 0.273 e. The van der Waals surface area contributed by atoms with Gasteiger partial charge in [-0.3, -0.25) is 10.1 Å². The van der Waals surface area contributed by atoms with Gasteiger partial charge in [-0.25, -0.2) is 0 Å². The molecule has 0 radical (unpaired) electrons. The van der Waals surface area contributed by atoms with E-state index in [1.807, 2.05) is 6.92 Å². The molecule has 1 aromatic rings. The van der Waals surface area contributed by atoms with Crippen molar-refractivity contribution in [1.82, 2.24) is 5.32 Å². The third-order valence-corrected chi connectivity index (χ3v) is 3.03. The first kappa shape index (κ1) is 14.1. The Balaban J connectivity index is 2.81. The van der Waals surface area contributed by atoms with Crippen LogP contribution in [0.4, 0.5) is 5.69 Å². The van der Waals surface area contributed by atoms with Crippen molar-refractivity contribution in [1.29, 1.82) is 0 Å². The summed E-state index contributed by atoms with van der Waals surface area (Å²) in [5.41, 5.74) is 0.699. The van der Waals surface area contributed by atoms with Crippen LogP contribution in [0.1, 0.15) is 18.9 Å². The molecule has 1 aromatic carbocycles. The van der Waals surface area contributed by atoms with Crippen molar-refractivity contribution in [2.24, 2.45) is 0 Å². The summed E-state index contributed by atoms with van der Waals surface area (Å²) < 4.78 is 0.803. The van der Waals surface area contributed by atoms with Crippen LogP contribution in [-0.4, -0.2) is 22.7 Å². The summed E-state index contributed by atoms with van der Waals surface area (Å²) >= 11 is 3.29. The highest BCUT2D eigenvalue weighted by molar-refractivity contribution is 9.10. The molecule has 2 N–H and O–H groups in total. The maximum absolute atomic E-state index is 10.8. The lowest BCUT2D eigenvalue weighted by atomic mass is 10.1. The molecule has 94 valence electrons. The predicted octanol–water partition coefficient (Wildman–Crippen LogP) is 2.22. The second-order valence-electron chi connectivity index (χ2n) is 3.70. The number of halogens is 1. The lowest BCUT2D eigenvalue weighted by molar-refractivity contribution is -0.385.